The van der Waals surface area contributed by atoms with E-state index in [4.69, 9.17) is 0 Å². The van der Waals surface area contributed by atoms with E-state index in [1.165, 1.54) is 0 Å². The number of hydrogen-bond acceptors (Lipinski definition) is 4. The number of benzene rings is 1. The summed E-state index contributed by atoms with van der Waals surface area (Å²) in [5.74, 6) is 0.650. The molecule has 6 heteroatoms. The third-order valence-corrected chi connectivity index (χ3v) is 4.35. The zero-order valence-electron chi connectivity index (χ0n) is 12.4. The number of hydrazone groups is 1. The predicted molar refractivity (Wildman–Crippen MR) is 89.1 cm³/mol. The van der Waals surface area contributed by atoms with E-state index in [-0.39, 0.29) is 12.5 Å². The summed E-state index contributed by atoms with van der Waals surface area (Å²) in [4.78, 5) is 17.6. The monoisotopic (exact) mass is 312 g/mol. The van der Waals surface area contributed by atoms with E-state index < -0.39 is 0 Å². The fourth-order valence-electron chi connectivity index (χ4n) is 2.26. The van der Waals surface area contributed by atoms with Crippen LogP contribution in [-0.4, -0.2) is 21.2 Å². The Hall–Kier alpha value is -2.47. The lowest BCUT2D eigenvalue weighted by atomic mass is 10.3. The van der Waals surface area contributed by atoms with Gasteiger partial charge >= 0.3 is 0 Å². The lowest BCUT2D eigenvalue weighted by molar-refractivity contribution is -0.121. The molecule has 0 spiro atoms. The molecule has 2 aromatic heterocycles. The fraction of sp³-hybridized carbons (Fsp3) is 0.188. The highest BCUT2D eigenvalue weighted by molar-refractivity contribution is 7.12. The Labute approximate surface area is 132 Å². The van der Waals surface area contributed by atoms with Gasteiger partial charge < -0.3 is 4.57 Å². The summed E-state index contributed by atoms with van der Waals surface area (Å²) in [7, 11) is 0. The molecule has 3 rings (SSSR count). The summed E-state index contributed by atoms with van der Waals surface area (Å²) in [6.07, 6.45) is 0. The zero-order valence-corrected chi connectivity index (χ0v) is 13.2. The van der Waals surface area contributed by atoms with E-state index in [2.05, 4.69) is 15.5 Å². The summed E-state index contributed by atoms with van der Waals surface area (Å²) >= 11 is 1.60. The number of fused-ring (bicyclic) bond motifs is 1. The van der Waals surface area contributed by atoms with Crippen LogP contribution in [0.3, 0.4) is 0 Å². The van der Waals surface area contributed by atoms with Crippen molar-refractivity contribution < 1.29 is 4.79 Å². The Morgan fingerprint density at radius 2 is 2.14 bits per heavy atom. The molecule has 0 unspecified atom stereocenters. The summed E-state index contributed by atoms with van der Waals surface area (Å²) < 4.78 is 1.89. The molecular weight excluding hydrogens is 296 g/mol. The number of para-hydroxylation sites is 2. The Morgan fingerprint density at radius 3 is 2.91 bits per heavy atom. The van der Waals surface area contributed by atoms with E-state index in [9.17, 15) is 4.79 Å². The number of thiophene rings is 1. The van der Waals surface area contributed by atoms with Crippen molar-refractivity contribution in [3.8, 4) is 0 Å². The van der Waals surface area contributed by atoms with E-state index in [0.717, 1.165) is 27.4 Å². The highest BCUT2D eigenvalue weighted by Crippen LogP contribution is 2.15. The van der Waals surface area contributed by atoms with Crippen molar-refractivity contribution in [2.24, 2.45) is 5.10 Å². The first-order chi connectivity index (χ1) is 10.6. The van der Waals surface area contributed by atoms with Crippen LogP contribution in [0.2, 0.25) is 0 Å². The van der Waals surface area contributed by atoms with Gasteiger partial charge in [-0.2, -0.15) is 5.10 Å². The number of nitrogens with zero attached hydrogens (tertiary/aromatic N) is 3. The van der Waals surface area contributed by atoms with Crippen molar-refractivity contribution in [3.63, 3.8) is 0 Å². The minimum atomic E-state index is -0.165. The summed E-state index contributed by atoms with van der Waals surface area (Å²) in [5, 5.41) is 6.13. The predicted octanol–water partition coefficient (Wildman–Crippen LogP) is 2.95. The Morgan fingerprint density at radius 1 is 1.32 bits per heavy atom. The highest BCUT2D eigenvalue weighted by Gasteiger charge is 2.10. The number of aromatic nitrogens is 2. The van der Waals surface area contributed by atoms with Crippen LogP contribution in [-0.2, 0) is 11.3 Å². The van der Waals surface area contributed by atoms with Gasteiger partial charge in [0.25, 0.3) is 5.91 Å². The lowest BCUT2D eigenvalue weighted by Crippen LogP contribution is -2.24. The summed E-state index contributed by atoms with van der Waals surface area (Å²) in [5.41, 5.74) is 5.26. The molecule has 0 aliphatic carbocycles. The molecule has 1 aromatic carbocycles. The van der Waals surface area contributed by atoms with Crippen LogP contribution in [0.25, 0.3) is 11.0 Å². The topological polar surface area (TPSA) is 59.3 Å². The van der Waals surface area contributed by atoms with Gasteiger partial charge in [-0.15, -0.1) is 11.3 Å². The molecule has 1 amide bonds. The molecule has 5 nitrogen and oxygen atoms in total. The average molecular weight is 312 g/mol. The first kappa shape index (κ1) is 14.5. The van der Waals surface area contributed by atoms with Gasteiger partial charge in [0.15, 0.2) is 0 Å². The van der Waals surface area contributed by atoms with Gasteiger partial charge in [0, 0.05) is 4.88 Å². The molecule has 0 fully saturated rings. The van der Waals surface area contributed by atoms with Gasteiger partial charge in [0.2, 0.25) is 0 Å². The average Bonchev–Trinajstić information content (AvgIpc) is 3.14. The number of aryl methyl sites for hydroxylation is 1. The SMILES string of the molecule is C/C(=N\NC(=O)Cn1c(C)nc2ccccc21)c1cccs1. The van der Waals surface area contributed by atoms with E-state index >= 15 is 0 Å². The lowest BCUT2D eigenvalue weighted by Gasteiger charge is -2.06. The standard InChI is InChI=1S/C16H16N4OS/c1-11(15-8-5-9-22-15)18-19-16(21)10-20-12(2)17-13-6-3-4-7-14(13)20/h3-9H,10H2,1-2H3,(H,19,21)/b18-11+. The third kappa shape index (κ3) is 2.92. The highest BCUT2D eigenvalue weighted by atomic mass is 32.1. The van der Waals surface area contributed by atoms with Crippen LogP contribution in [0, 0.1) is 6.92 Å². The van der Waals surface area contributed by atoms with E-state index in [1.807, 2.05) is 60.2 Å². The number of carbonyl (C=O) groups excluding carboxylic acids is 1. The molecule has 0 aliphatic rings. The molecule has 2 heterocycles. The number of imidazole rings is 1. The van der Waals surface area contributed by atoms with Gasteiger partial charge in [-0.3, -0.25) is 4.79 Å². The molecule has 3 aromatic rings. The Bertz CT molecular complexity index is 833. The maximum Gasteiger partial charge on any atom is 0.260 e. The molecule has 0 saturated heterocycles. The van der Waals surface area contributed by atoms with Gasteiger partial charge in [0.1, 0.15) is 12.4 Å². The van der Waals surface area contributed by atoms with Gasteiger partial charge in [-0.25, -0.2) is 10.4 Å². The normalized spacial score (nSPS) is 11.8. The quantitative estimate of drug-likeness (QED) is 0.595. The van der Waals surface area contributed by atoms with Crippen molar-refractivity contribution >= 4 is 34.0 Å². The van der Waals surface area contributed by atoms with Crippen LogP contribution in [0.5, 0.6) is 0 Å². The fourth-order valence-corrected chi connectivity index (χ4v) is 2.94. The molecular formula is C16H16N4OS. The second-order valence-electron chi connectivity index (χ2n) is 4.94. The number of carbonyl (C=O) groups is 1. The van der Waals surface area contributed by atoms with Gasteiger partial charge in [-0.1, -0.05) is 18.2 Å². The molecule has 112 valence electrons. The largest absolute Gasteiger partial charge is 0.319 e. The molecule has 0 radical (unpaired) electrons. The molecule has 0 bridgehead atoms. The first-order valence-corrected chi connectivity index (χ1v) is 7.82. The molecule has 22 heavy (non-hydrogen) atoms. The van der Waals surface area contributed by atoms with Crippen LogP contribution in [0.4, 0.5) is 0 Å². The van der Waals surface area contributed by atoms with Crippen LogP contribution < -0.4 is 5.43 Å². The second kappa shape index (κ2) is 6.11. The third-order valence-electron chi connectivity index (χ3n) is 3.37. The Kier molecular flexibility index (Phi) is 4.02. The van der Waals surface area contributed by atoms with Crippen LogP contribution in [0.1, 0.15) is 17.6 Å². The van der Waals surface area contributed by atoms with Crippen molar-refractivity contribution in [3.05, 3.63) is 52.5 Å². The van der Waals surface area contributed by atoms with Crippen LogP contribution in [0.15, 0.2) is 46.9 Å². The number of hydrogen-bond donors (Lipinski definition) is 1. The van der Waals surface area contributed by atoms with Gasteiger partial charge in [0.05, 0.1) is 16.7 Å². The van der Waals surface area contributed by atoms with Crippen molar-refractivity contribution in [2.45, 2.75) is 20.4 Å². The molecule has 0 saturated carbocycles. The smallest absolute Gasteiger partial charge is 0.260 e. The van der Waals surface area contributed by atoms with Crippen molar-refractivity contribution in [2.75, 3.05) is 0 Å². The molecule has 1 N–H and O–H groups in total. The van der Waals surface area contributed by atoms with Crippen molar-refractivity contribution in [1.82, 2.24) is 15.0 Å². The number of amides is 1. The van der Waals surface area contributed by atoms with Crippen molar-refractivity contribution in [1.29, 1.82) is 0 Å². The maximum absolute atomic E-state index is 12.1. The maximum atomic E-state index is 12.1. The van der Waals surface area contributed by atoms with E-state index in [1.54, 1.807) is 11.3 Å². The summed E-state index contributed by atoms with van der Waals surface area (Å²) in [6.45, 7) is 3.98. The minimum absolute atomic E-state index is 0.165. The molecule has 0 aliphatic heterocycles. The number of rotatable bonds is 4. The van der Waals surface area contributed by atoms with Gasteiger partial charge in [-0.05, 0) is 37.4 Å². The minimum Gasteiger partial charge on any atom is -0.319 e. The first-order valence-electron chi connectivity index (χ1n) is 6.94. The number of nitrogens with one attached hydrogen (secondary N) is 1. The second-order valence-corrected chi connectivity index (χ2v) is 5.89. The summed E-state index contributed by atoms with van der Waals surface area (Å²) in [6, 6.07) is 11.7. The van der Waals surface area contributed by atoms with Crippen LogP contribution >= 0.6 is 11.3 Å². The van der Waals surface area contributed by atoms with E-state index in [0.29, 0.717) is 0 Å². The zero-order chi connectivity index (χ0) is 15.5. The Balaban J connectivity index is 1.74. The molecule has 0 atom stereocenters.